The standard InChI is InChI=1S/C14H18O3/c1-14(2,7-13(15)16)12-5-3-4-10(6-12)11-8-17-9-11/h3-6,11H,7-9H2,1-2H3,(H,15,16). The molecule has 1 aliphatic rings. The van der Waals surface area contributed by atoms with Crippen molar-refractivity contribution >= 4 is 5.97 Å². The molecule has 2 rings (SSSR count). The number of carbonyl (C=O) groups is 1. The molecule has 0 spiro atoms. The summed E-state index contributed by atoms with van der Waals surface area (Å²) >= 11 is 0. The van der Waals surface area contributed by atoms with Crippen LogP contribution >= 0.6 is 0 Å². The number of carboxylic acids is 1. The summed E-state index contributed by atoms with van der Waals surface area (Å²) in [5, 5.41) is 8.93. The van der Waals surface area contributed by atoms with E-state index in [9.17, 15) is 4.79 Å². The van der Waals surface area contributed by atoms with E-state index in [1.807, 2.05) is 26.0 Å². The van der Waals surface area contributed by atoms with Gasteiger partial charge in [-0.3, -0.25) is 4.79 Å². The fraction of sp³-hybridized carbons (Fsp3) is 0.500. The maximum Gasteiger partial charge on any atom is 0.304 e. The van der Waals surface area contributed by atoms with Gasteiger partial charge >= 0.3 is 5.97 Å². The monoisotopic (exact) mass is 234 g/mol. The quantitative estimate of drug-likeness (QED) is 0.870. The summed E-state index contributed by atoms with van der Waals surface area (Å²) in [6.07, 6.45) is 0.150. The zero-order chi connectivity index (χ0) is 12.5. The van der Waals surface area contributed by atoms with Crippen molar-refractivity contribution in [3.63, 3.8) is 0 Å². The van der Waals surface area contributed by atoms with Crippen molar-refractivity contribution in [2.75, 3.05) is 13.2 Å². The average molecular weight is 234 g/mol. The molecule has 92 valence electrons. The van der Waals surface area contributed by atoms with E-state index in [0.717, 1.165) is 18.8 Å². The van der Waals surface area contributed by atoms with Gasteiger partial charge in [-0.05, 0) is 11.1 Å². The molecule has 0 saturated carbocycles. The van der Waals surface area contributed by atoms with Crippen LogP contribution in [0.2, 0.25) is 0 Å². The molecule has 0 atom stereocenters. The molecule has 3 heteroatoms. The summed E-state index contributed by atoms with van der Waals surface area (Å²) in [6.45, 7) is 5.50. The fourth-order valence-electron chi connectivity index (χ4n) is 2.12. The first kappa shape index (κ1) is 12.1. The zero-order valence-electron chi connectivity index (χ0n) is 10.3. The van der Waals surface area contributed by atoms with E-state index in [2.05, 4.69) is 12.1 Å². The number of rotatable bonds is 4. The SMILES string of the molecule is CC(C)(CC(=O)O)c1cccc(C2COC2)c1. The lowest BCUT2D eigenvalue weighted by molar-refractivity contribution is -0.138. The number of ether oxygens (including phenoxy) is 1. The summed E-state index contributed by atoms with van der Waals surface area (Å²) < 4.78 is 5.19. The van der Waals surface area contributed by atoms with Gasteiger partial charge < -0.3 is 9.84 Å². The first-order chi connectivity index (χ1) is 7.99. The Morgan fingerprint density at radius 1 is 1.47 bits per heavy atom. The second-order valence-electron chi connectivity index (χ2n) is 5.31. The van der Waals surface area contributed by atoms with E-state index in [1.165, 1.54) is 5.56 Å². The van der Waals surface area contributed by atoms with Crippen LogP contribution in [0.1, 0.15) is 37.3 Å². The Bertz CT molecular complexity index is 419. The first-order valence-electron chi connectivity index (χ1n) is 5.89. The minimum Gasteiger partial charge on any atom is -0.481 e. The number of hydrogen-bond acceptors (Lipinski definition) is 2. The molecule has 1 aromatic rings. The van der Waals surface area contributed by atoms with Crippen molar-refractivity contribution in [1.82, 2.24) is 0 Å². The Morgan fingerprint density at radius 3 is 2.71 bits per heavy atom. The van der Waals surface area contributed by atoms with Crippen LogP contribution in [0, 0.1) is 0 Å². The third-order valence-electron chi connectivity index (χ3n) is 3.37. The van der Waals surface area contributed by atoms with Gasteiger partial charge in [0.15, 0.2) is 0 Å². The van der Waals surface area contributed by atoms with Crippen molar-refractivity contribution in [1.29, 1.82) is 0 Å². The van der Waals surface area contributed by atoms with Gasteiger partial charge in [-0.2, -0.15) is 0 Å². The minimum atomic E-state index is -0.757. The minimum absolute atomic E-state index is 0.150. The van der Waals surface area contributed by atoms with Gasteiger partial charge in [0.1, 0.15) is 0 Å². The lowest BCUT2D eigenvalue weighted by Crippen LogP contribution is -2.26. The highest BCUT2D eigenvalue weighted by Crippen LogP contribution is 2.31. The summed E-state index contributed by atoms with van der Waals surface area (Å²) in [5.74, 6) is -0.275. The van der Waals surface area contributed by atoms with Crippen LogP contribution in [-0.4, -0.2) is 24.3 Å². The van der Waals surface area contributed by atoms with E-state index in [0.29, 0.717) is 5.92 Å². The van der Waals surface area contributed by atoms with Crippen LogP contribution in [0.4, 0.5) is 0 Å². The molecule has 1 heterocycles. The highest BCUT2D eigenvalue weighted by molar-refractivity contribution is 5.68. The van der Waals surface area contributed by atoms with Crippen molar-refractivity contribution < 1.29 is 14.6 Å². The van der Waals surface area contributed by atoms with Gasteiger partial charge in [0, 0.05) is 11.3 Å². The van der Waals surface area contributed by atoms with Crippen LogP contribution in [-0.2, 0) is 14.9 Å². The lowest BCUT2D eigenvalue weighted by Gasteiger charge is -2.29. The van der Waals surface area contributed by atoms with Gasteiger partial charge in [-0.15, -0.1) is 0 Å². The van der Waals surface area contributed by atoms with Crippen molar-refractivity contribution in [3.8, 4) is 0 Å². The van der Waals surface area contributed by atoms with Crippen molar-refractivity contribution in [3.05, 3.63) is 35.4 Å². The summed E-state index contributed by atoms with van der Waals surface area (Å²) in [6, 6.07) is 8.22. The molecule has 0 unspecified atom stereocenters. The van der Waals surface area contributed by atoms with Gasteiger partial charge in [-0.1, -0.05) is 38.1 Å². The maximum absolute atomic E-state index is 10.9. The normalized spacial score (nSPS) is 16.6. The largest absolute Gasteiger partial charge is 0.481 e. The Kier molecular flexibility index (Phi) is 3.20. The third-order valence-corrected chi connectivity index (χ3v) is 3.37. The van der Waals surface area contributed by atoms with E-state index in [1.54, 1.807) is 0 Å². The molecule has 0 aromatic heterocycles. The number of carboxylic acid groups (broad SMARTS) is 1. The smallest absolute Gasteiger partial charge is 0.304 e. The maximum atomic E-state index is 10.9. The fourth-order valence-corrected chi connectivity index (χ4v) is 2.12. The Balaban J connectivity index is 2.22. The highest BCUT2D eigenvalue weighted by Gasteiger charge is 2.26. The van der Waals surface area contributed by atoms with Crippen LogP contribution in [0.25, 0.3) is 0 Å². The summed E-state index contributed by atoms with van der Waals surface area (Å²) in [4.78, 5) is 10.9. The molecule has 3 nitrogen and oxygen atoms in total. The highest BCUT2D eigenvalue weighted by atomic mass is 16.5. The van der Waals surface area contributed by atoms with Crippen LogP contribution in [0.15, 0.2) is 24.3 Å². The molecule has 1 aromatic carbocycles. The van der Waals surface area contributed by atoms with Gasteiger partial charge in [0.05, 0.1) is 19.6 Å². The van der Waals surface area contributed by atoms with Crippen LogP contribution < -0.4 is 0 Å². The number of benzene rings is 1. The van der Waals surface area contributed by atoms with E-state index in [-0.39, 0.29) is 11.8 Å². The second-order valence-corrected chi connectivity index (χ2v) is 5.31. The molecule has 1 fully saturated rings. The number of hydrogen-bond donors (Lipinski definition) is 1. The third kappa shape index (κ3) is 2.67. The van der Waals surface area contributed by atoms with Crippen LogP contribution in [0.5, 0.6) is 0 Å². The molecule has 0 aliphatic carbocycles. The molecule has 17 heavy (non-hydrogen) atoms. The molecule has 1 saturated heterocycles. The molecule has 1 N–H and O–H groups in total. The Hall–Kier alpha value is -1.35. The zero-order valence-corrected chi connectivity index (χ0v) is 10.3. The van der Waals surface area contributed by atoms with Crippen LogP contribution in [0.3, 0.4) is 0 Å². The average Bonchev–Trinajstić information content (AvgIpc) is 2.13. The van der Waals surface area contributed by atoms with E-state index >= 15 is 0 Å². The Morgan fingerprint density at radius 2 is 2.18 bits per heavy atom. The number of aliphatic carboxylic acids is 1. The van der Waals surface area contributed by atoms with Crippen molar-refractivity contribution in [2.45, 2.75) is 31.6 Å². The van der Waals surface area contributed by atoms with Crippen molar-refractivity contribution in [2.24, 2.45) is 0 Å². The molecular weight excluding hydrogens is 216 g/mol. The molecule has 0 radical (unpaired) electrons. The molecule has 0 amide bonds. The van der Waals surface area contributed by atoms with E-state index < -0.39 is 5.97 Å². The first-order valence-corrected chi connectivity index (χ1v) is 5.89. The second kappa shape index (κ2) is 4.49. The predicted molar refractivity (Wildman–Crippen MR) is 65.3 cm³/mol. The van der Waals surface area contributed by atoms with Gasteiger partial charge in [0.25, 0.3) is 0 Å². The Labute approximate surface area is 101 Å². The molecular formula is C14H18O3. The van der Waals surface area contributed by atoms with Gasteiger partial charge in [-0.25, -0.2) is 0 Å². The predicted octanol–water partition coefficient (Wildman–Crippen LogP) is 2.55. The molecule has 1 aliphatic heterocycles. The molecule has 0 bridgehead atoms. The van der Waals surface area contributed by atoms with Gasteiger partial charge in [0.2, 0.25) is 0 Å². The lowest BCUT2D eigenvalue weighted by atomic mass is 9.80. The topological polar surface area (TPSA) is 46.5 Å². The van der Waals surface area contributed by atoms with E-state index in [4.69, 9.17) is 9.84 Å². The summed E-state index contributed by atoms with van der Waals surface area (Å²) in [7, 11) is 0. The summed E-state index contributed by atoms with van der Waals surface area (Å²) in [5.41, 5.74) is 2.02.